The standard InChI is InChI=1S/C13H15F/c1-13(2,3)10-8-7-9-5-4-6-11(14)12(9)10/h4-6,8H,7H2,1-3H3. The quantitative estimate of drug-likeness (QED) is 0.583. The molecule has 14 heavy (non-hydrogen) atoms. The minimum atomic E-state index is -0.0822. The van der Waals surface area contributed by atoms with E-state index in [0.717, 1.165) is 23.1 Å². The Kier molecular flexibility index (Phi) is 1.99. The van der Waals surface area contributed by atoms with Crippen LogP contribution in [-0.2, 0) is 6.42 Å². The van der Waals surface area contributed by atoms with Gasteiger partial charge in [-0.05, 0) is 29.0 Å². The maximum atomic E-state index is 13.6. The predicted octanol–water partition coefficient (Wildman–Crippen LogP) is 3.81. The molecule has 74 valence electrons. The van der Waals surface area contributed by atoms with Gasteiger partial charge in [0, 0.05) is 5.56 Å². The van der Waals surface area contributed by atoms with Crippen LogP contribution in [0.1, 0.15) is 31.9 Å². The molecule has 0 amide bonds. The van der Waals surface area contributed by atoms with E-state index in [0.29, 0.717) is 0 Å². The highest BCUT2D eigenvalue weighted by Crippen LogP contribution is 2.41. The van der Waals surface area contributed by atoms with E-state index in [2.05, 4.69) is 26.8 Å². The maximum Gasteiger partial charge on any atom is 0.130 e. The Bertz CT molecular complexity index is 394. The second-order valence-corrected chi connectivity index (χ2v) is 4.85. The Balaban J connectivity index is 2.56. The largest absolute Gasteiger partial charge is 0.206 e. The molecule has 1 aliphatic rings. The predicted molar refractivity (Wildman–Crippen MR) is 57.5 cm³/mol. The first-order valence-electron chi connectivity index (χ1n) is 4.98. The molecule has 0 heterocycles. The Hall–Kier alpha value is -1.11. The molecule has 0 bridgehead atoms. The van der Waals surface area contributed by atoms with Gasteiger partial charge < -0.3 is 0 Å². The molecular formula is C13H15F. The summed E-state index contributed by atoms with van der Waals surface area (Å²) in [6.45, 7) is 6.38. The van der Waals surface area contributed by atoms with Gasteiger partial charge in [-0.25, -0.2) is 4.39 Å². The molecule has 0 fully saturated rings. The van der Waals surface area contributed by atoms with Crippen LogP contribution in [0.4, 0.5) is 4.39 Å². The number of fused-ring (bicyclic) bond motifs is 1. The second-order valence-electron chi connectivity index (χ2n) is 4.85. The summed E-state index contributed by atoms with van der Waals surface area (Å²) in [4.78, 5) is 0. The Labute approximate surface area is 84.5 Å². The van der Waals surface area contributed by atoms with Gasteiger partial charge in [0.05, 0.1) is 0 Å². The molecular weight excluding hydrogens is 175 g/mol. The molecule has 0 atom stereocenters. The first-order valence-corrected chi connectivity index (χ1v) is 4.98. The molecule has 1 aromatic rings. The molecule has 1 heteroatoms. The van der Waals surface area contributed by atoms with E-state index in [1.807, 2.05) is 6.07 Å². The molecule has 0 saturated heterocycles. The van der Waals surface area contributed by atoms with Crippen LogP contribution in [0.2, 0.25) is 0 Å². The molecule has 1 aliphatic carbocycles. The van der Waals surface area contributed by atoms with Crippen LogP contribution in [0.15, 0.2) is 24.3 Å². The topological polar surface area (TPSA) is 0 Å². The van der Waals surface area contributed by atoms with E-state index in [9.17, 15) is 4.39 Å². The van der Waals surface area contributed by atoms with E-state index in [4.69, 9.17) is 0 Å². The highest BCUT2D eigenvalue weighted by Gasteiger charge is 2.26. The zero-order valence-corrected chi connectivity index (χ0v) is 8.89. The van der Waals surface area contributed by atoms with Gasteiger partial charge in [-0.3, -0.25) is 0 Å². The number of halogens is 1. The van der Waals surface area contributed by atoms with Crippen molar-refractivity contribution >= 4 is 5.57 Å². The second kappa shape index (κ2) is 2.94. The fourth-order valence-electron chi connectivity index (χ4n) is 2.04. The van der Waals surface area contributed by atoms with Crippen LogP contribution < -0.4 is 0 Å². The highest BCUT2D eigenvalue weighted by atomic mass is 19.1. The summed E-state index contributed by atoms with van der Waals surface area (Å²) in [6, 6.07) is 5.34. The first kappa shape index (κ1) is 9.45. The van der Waals surface area contributed by atoms with E-state index < -0.39 is 0 Å². The SMILES string of the molecule is CC(C)(C)C1=CCc2cccc(F)c21. The number of hydrogen-bond donors (Lipinski definition) is 0. The number of hydrogen-bond acceptors (Lipinski definition) is 0. The lowest BCUT2D eigenvalue weighted by Crippen LogP contribution is -2.08. The summed E-state index contributed by atoms with van der Waals surface area (Å²) in [5.41, 5.74) is 3.13. The molecule has 0 nitrogen and oxygen atoms in total. The van der Waals surface area contributed by atoms with Crippen LogP contribution in [0.25, 0.3) is 5.57 Å². The van der Waals surface area contributed by atoms with Crippen molar-refractivity contribution in [1.29, 1.82) is 0 Å². The van der Waals surface area contributed by atoms with Crippen molar-refractivity contribution in [1.82, 2.24) is 0 Å². The van der Waals surface area contributed by atoms with Crippen molar-refractivity contribution in [2.45, 2.75) is 27.2 Å². The molecule has 0 N–H and O–H groups in total. The zero-order chi connectivity index (χ0) is 10.3. The molecule has 2 rings (SSSR count). The van der Waals surface area contributed by atoms with Crippen molar-refractivity contribution in [3.8, 4) is 0 Å². The van der Waals surface area contributed by atoms with Crippen molar-refractivity contribution in [3.63, 3.8) is 0 Å². The maximum absolute atomic E-state index is 13.6. The summed E-state index contributed by atoms with van der Waals surface area (Å²) in [6.07, 6.45) is 3.02. The van der Waals surface area contributed by atoms with Crippen molar-refractivity contribution in [2.75, 3.05) is 0 Å². The molecule has 0 unspecified atom stereocenters. The Morgan fingerprint density at radius 1 is 1.21 bits per heavy atom. The van der Waals surface area contributed by atoms with E-state index in [1.54, 1.807) is 12.1 Å². The summed E-state index contributed by atoms with van der Waals surface area (Å²) in [5, 5.41) is 0. The molecule has 1 aromatic carbocycles. The monoisotopic (exact) mass is 190 g/mol. The van der Waals surface area contributed by atoms with Gasteiger partial charge in [-0.2, -0.15) is 0 Å². The Morgan fingerprint density at radius 2 is 1.93 bits per heavy atom. The number of benzene rings is 1. The molecule has 0 saturated carbocycles. The van der Waals surface area contributed by atoms with E-state index in [1.165, 1.54) is 0 Å². The molecule has 0 aromatic heterocycles. The average Bonchev–Trinajstić information content (AvgIpc) is 2.47. The van der Waals surface area contributed by atoms with Crippen LogP contribution in [0.3, 0.4) is 0 Å². The summed E-state index contributed by atoms with van der Waals surface area (Å²) in [5.74, 6) is -0.0822. The summed E-state index contributed by atoms with van der Waals surface area (Å²) < 4.78 is 13.6. The van der Waals surface area contributed by atoms with Gasteiger partial charge in [-0.1, -0.05) is 39.0 Å². The van der Waals surface area contributed by atoms with Gasteiger partial charge in [0.2, 0.25) is 0 Å². The van der Waals surface area contributed by atoms with E-state index >= 15 is 0 Å². The molecule has 0 radical (unpaired) electrons. The lowest BCUT2D eigenvalue weighted by molar-refractivity contribution is 0.556. The van der Waals surface area contributed by atoms with Gasteiger partial charge >= 0.3 is 0 Å². The van der Waals surface area contributed by atoms with Crippen LogP contribution in [0.5, 0.6) is 0 Å². The summed E-state index contributed by atoms with van der Waals surface area (Å²) in [7, 11) is 0. The van der Waals surface area contributed by atoms with Crippen LogP contribution in [-0.4, -0.2) is 0 Å². The molecule has 0 spiro atoms. The third-order valence-electron chi connectivity index (χ3n) is 2.70. The van der Waals surface area contributed by atoms with Crippen LogP contribution >= 0.6 is 0 Å². The van der Waals surface area contributed by atoms with Gasteiger partial charge in [0.15, 0.2) is 0 Å². The van der Waals surface area contributed by atoms with Gasteiger partial charge in [0.25, 0.3) is 0 Å². The minimum Gasteiger partial charge on any atom is -0.206 e. The average molecular weight is 190 g/mol. The fourth-order valence-corrected chi connectivity index (χ4v) is 2.04. The van der Waals surface area contributed by atoms with E-state index in [-0.39, 0.29) is 11.2 Å². The summed E-state index contributed by atoms with van der Waals surface area (Å²) >= 11 is 0. The third kappa shape index (κ3) is 1.37. The highest BCUT2D eigenvalue weighted by molar-refractivity contribution is 5.76. The third-order valence-corrected chi connectivity index (χ3v) is 2.70. The van der Waals surface area contributed by atoms with Crippen LogP contribution in [0, 0.1) is 11.2 Å². The number of allylic oxidation sites excluding steroid dienone is 2. The lowest BCUT2D eigenvalue weighted by atomic mass is 9.83. The number of rotatable bonds is 0. The van der Waals surface area contributed by atoms with Crippen molar-refractivity contribution in [2.24, 2.45) is 5.41 Å². The smallest absolute Gasteiger partial charge is 0.130 e. The fraction of sp³-hybridized carbons (Fsp3) is 0.385. The van der Waals surface area contributed by atoms with Gasteiger partial charge in [-0.15, -0.1) is 0 Å². The Morgan fingerprint density at radius 3 is 2.57 bits per heavy atom. The first-order chi connectivity index (χ1) is 6.50. The normalized spacial score (nSPS) is 15.3. The van der Waals surface area contributed by atoms with Crippen molar-refractivity contribution in [3.05, 3.63) is 41.2 Å². The van der Waals surface area contributed by atoms with Gasteiger partial charge in [0.1, 0.15) is 5.82 Å². The lowest BCUT2D eigenvalue weighted by Gasteiger charge is -2.22. The zero-order valence-electron chi connectivity index (χ0n) is 8.89. The van der Waals surface area contributed by atoms with Crippen molar-refractivity contribution < 1.29 is 4.39 Å². The molecule has 0 aliphatic heterocycles. The minimum absolute atomic E-state index is 0.0352.